The van der Waals surface area contributed by atoms with Crippen LogP contribution < -0.4 is 0 Å². The fourth-order valence-corrected chi connectivity index (χ4v) is 0.502. The molecule has 0 atom stereocenters. The van der Waals surface area contributed by atoms with E-state index < -0.39 is 0 Å². The number of nitrogens with zero attached hydrogens (tertiary/aromatic N) is 1. The molecule has 1 rings (SSSR count). The lowest BCUT2D eigenvalue weighted by Crippen LogP contribution is -2.09. The molecule has 0 bridgehead atoms. The van der Waals surface area contributed by atoms with Crippen molar-refractivity contribution in [2.24, 2.45) is 0 Å². The minimum Gasteiger partial charge on any atom is -0.355 e. The molecule has 0 saturated carbocycles. The Labute approximate surface area is 70.8 Å². The second-order valence-electron chi connectivity index (χ2n) is 1.74. The largest absolute Gasteiger partial charge is 0.355 e. The average Bonchev–Trinajstić information content (AvgIpc) is 2.44. The van der Waals surface area contributed by atoms with E-state index >= 15 is 0 Å². The van der Waals surface area contributed by atoms with Gasteiger partial charge in [-0.3, -0.25) is 0 Å². The molecule has 0 N–H and O–H groups in total. The van der Waals surface area contributed by atoms with E-state index in [-0.39, 0.29) is 0 Å². The number of hydrogen-bond acceptors (Lipinski definition) is 2. The van der Waals surface area contributed by atoms with Crippen LogP contribution in [0.15, 0.2) is 12.3 Å². The molecule has 0 spiro atoms. The lowest BCUT2D eigenvalue weighted by Gasteiger charge is -2.05. The van der Waals surface area contributed by atoms with Gasteiger partial charge in [-0.1, -0.05) is 34.3 Å². The van der Waals surface area contributed by atoms with Crippen molar-refractivity contribution in [3.8, 4) is 0 Å². The van der Waals surface area contributed by atoms with Gasteiger partial charge in [-0.25, -0.2) is 0 Å². The molecule has 0 aromatic rings. The highest BCUT2D eigenvalue weighted by Crippen LogP contribution is 2.05. The first-order valence-corrected chi connectivity index (χ1v) is 4.27. The molecule has 0 amide bonds. The van der Waals surface area contributed by atoms with Gasteiger partial charge in [0.25, 0.3) is 0 Å². The van der Waals surface area contributed by atoms with Crippen molar-refractivity contribution in [1.82, 2.24) is 4.90 Å². The third-order valence-electron chi connectivity index (χ3n) is 1.09. The van der Waals surface area contributed by atoms with Gasteiger partial charge in [0, 0.05) is 12.7 Å². The zero-order valence-electron chi connectivity index (χ0n) is 8.48. The highest BCUT2D eigenvalue weighted by Gasteiger charge is 2.08. The molecule has 1 heterocycles. The van der Waals surface area contributed by atoms with Crippen LogP contribution in [0.3, 0.4) is 0 Å². The molecule has 11 heavy (non-hydrogen) atoms. The Morgan fingerprint density at radius 3 is 1.82 bits per heavy atom. The summed E-state index contributed by atoms with van der Waals surface area (Å²) in [6.07, 6.45) is 0. The highest BCUT2D eigenvalue weighted by atomic mass is 16.5. The number of hydrogen-bond donors (Lipinski definition) is 0. The summed E-state index contributed by atoms with van der Waals surface area (Å²) in [5, 5.41) is 0. The van der Waals surface area contributed by atoms with Gasteiger partial charge in [0.1, 0.15) is 6.73 Å². The van der Waals surface area contributed by atoms with Gasteiger partial charge in [-0.2, -0.15) is 0 Å². The number of rotatable bonds is 0. The summed E-state index contributed by atoms with van der Waals surface area (Å²) >= 11 is 0. The summed E-state index contributed by atoms with van der Waals surface area (Å²) in [7, 11) is 1.97. The van der Waals surface area contributed by atoms with Gasteiger partial charge >= 0.3 is 0 Å². The first-order chi connectivity index (χ1) is 5.30. The first-order valence-electron chi connectivity index (χ1n) is 4.27. The molecular weight excluding hydrogens is 138 g/mol. The van der Waals surface area contributed by atoms with Crippen LogP contribution in [-0.4, -0.2) is 25.3 Å². The maximum Gasteiger partial charge on any atom is 0.119 e. The van der Waals surface area contributed by atoms with Crippen LogP contribution in [0.1, 0.15) is 27.7 Å². The lowest BCUT2D eigenvalue weighted by molar-refractivity contribution is 0.154. The molecule has 2 nitrogen and oxygen atoms in total. The molecule has 1 aliphatic rings. The Hall–Kier alpha value is -0.500. The molecule has 0 aromatic heterocycles. The molecule has 68 valence electrons. The van der Waals surface area contributed by atoms with E-state index in [1.165, 1.54) is 0 Å². The van der Waals surface area contributed by atoms with Gasteiger partial charge in [0.15, 0.2) is 0 Å². The number of ether oxygens (including phenoxy) is 1. The fraction of sp³-hybridized carbons (Fsp3) is 0.778. The third kappa shape index (κ3) is 5.92. The molecular formula is C9H21NO. The van der Waals surface area contributed by atoms with E-state index in [2.05, 4.69) is 6.58 Å². The summed E-state index contributed by atoms with van der Waals surface area (Å²) in [6, 6.07) is 0. The Morgan fingerprint density at radius 1 is 1.27 bits per heavy atom. The van der Waals surface area contributed by atoms with E-state index in [9.17, 15) is 0 Å². The standard InChI is InChI=1S/C5H9NO.2C2H6/c1-5-3-7-4-6(5)2;2*1-2/h1,3-4H2,2H3;2*1-2H3. The van der Waals surface area contributed by atoms with Gasteiger partial charge in [0.2, 0.25) is 0 Å². The normalized spacial score (nSPS) is 14.6. The van der Waals surface area contributed by atoms with E-state index in [0.717, 1.165) is 5.70 Å². The molecule has 2 heteroatoms. The van der Waals surface area contributed by atoms with Gasteiger partial charge in [-0.15, -0.1) is 0 Å². The Kier molecular flexibility index (Phi) is 11.3. The van der Waals surface area contributed by atoms with Crippen molar-refractivity contribution in [2.45, 2.75) is 27.7 Å². The van der Waals surface area contributed by atoms with Crippen molar-refractivity contribution in [3.05, 3.63) is 12.3 Å². The summed E-state index contributed by atoms with van der Waals surface area (Å²) in [4.78, 5) is 1.99. The smallest absolute Gasteiger partial charge is 0.119 e. The molecule has 1 aliphatic heterocycles. The Morgan fingerprint density at radius 2 is 1.73 bits per heavy atom. The fourth-order valence-electron chi connectivity index (χ4n) is 0.502. The second-order valence-corrected chi connectivity index (χ2v) is 1.74. The van der Waals surface area contributed by atoms with Crippen LogP contribution in [0.4, 0.5) is 0 Å². The van der Waals surface area contributed by atoms with Crippen LogP contribution in [0, 0.1) is 0 Å². The van der Waals surface area contributed by atoms with Crippen LogP contribution >= 0.6 is 0 Å². The summed E-state index contributed by atoms with van der Waals surface area (Å²) in [5.41, 5.74) is 1.07. The minimum absolute atomic E-state index is 0.705. The molecule has 1 saturated heterocycles. The Balaban J connectivity index is 0. The molecule has 0 aliphatic carbocycles. The summed E-state index contributed by atoms with van der Waals surface area (Å²) in [5.74, 6) is 0. The monoisotopic (exact) mass is 159 g/mol. The molecule has 0 radical (unpaired) electrons. The van der Waals surface area contributed by atoms with Crippen molar-refractivity contribution in [1.29, 1.82) is 0 Å². The zero-order valence-corrected chi connectivity index (χ0v) is 8.48. The highest BCUT2D eigenvalue weighted by molar-refractivity contribution is 4.94. The third-order valence-corrected chi connectivity index (χ3v) is 1.09. The predicted molar refractivity (Wildman–Crippen MR) is 50.4 cm³/mol. The summed E-state index contributed by atoms with van der Waals surface area (Å²) in [6.45, 7) is 13.1. The topological polar surface area (TPSA) is 12.5 Å². The van der Waals surface area contributed by atoms with Crippen LogP contribution in [-0.2, 0) is 4.74 Å². The van der Waals surface area contributed by atoms with Crippen LogP contribution in [0.25, 0.3) is 0 Å². The van der Waals surface area contributed by atoms with Crippen molar-refractivity contribution in [2.75, 3.05) is 20.4 Å². The SMILES string of the molecule is C=C1COCN1C.CC.CC. The van der Waals surface area contributed by atoms with Gasteiger partial charge in [0.05, 0.1) is 6.61 Å². The summed E-state index contributed by atoms with van der Waals surface area (Å²) < 4.78 is 5.00. The zero-order chi connectivity index (χ0) is 9.28. The average molecular weight is 159 g/mol. The molecule has 1 fully saturated rings. The second kappa shape index (κ2) is 9.50. The van der Waals surface area contributed by atoms with Crippen molar-refractivity contribution < 1.29 is 4.74 Å². The van der Waals surface area contributed by atoms with Crippen molar-refractivity contribution in [3.63, 3.8) is 0 Å². The molecule has 0 aromatic carbocycles. The van der Waals surface area contributed by atoms with Gasteiger partial charge < -0.3 is 9.64 Å². The quantitative estimate of drug-likeness (QED) is 0.538. The first kappa shape index (κ1) is 13.1. The maximum atomic E-state index is 5.00. The van der Waals surface area contributed by atoms with Gasteiger partial charge in [-0.05, 0) is 0 Å². The van der Waals surface area contributed by atoms with E-state index in [0.29, 0.717) is 13.3 Å². The van der Waals surface area contributed by atoms with Crippen molar-refractivity contribution >= 4 is 0 Å². The lowest BCUT2D eigenvalue weighted by atomic mass is 10.5. The van der Waals surface area contributed by atoms with Crippen LogP contribution in [0.5, 0.6) is 0 Å². The maximum absolute atomic E-state index is 5.00. The molecule has 0 unspecified atom stereocenters. The predicted octanol–water partition coefficient (Wildman–Crippen LogP) is 2.47. The van der Waals surface area contributed by atoms with E-state index in [1.54, 1.807) is 0 Å². The van der Waals surface area contributed by atoms with E-state index in [1.807, 2.05) is 39.6 Å². The number of likely N-dealkylation sites (N-methyl/N-ethyl adjacent to an activating group) is 1. The minimum atomic E-state index is 0.705. The van der Waals surface area contributed by atoms with Crippen LogP contribution in [0.2, 0.25) is 0 Å². The van der Waals surface area contributed by atoms with E-state index in [4.69, 9.17) is 4.74 Å². The Bertz CT molecular complexity index is 91.6.